The lowest BCUT2D eigenvalue weighted by atomic mass is 10.5. The van der Waals surface area contributed by atoms with Crippen molar-refractivity contribution in [2.75, 3.05) is 34.1 Å². The molecule has 0 fully saturated rings. The van der Waals surface area contributed by atoms with E-state index < -0.39 is 44.5 Å². The van der Waals surface area contributed by atoms with Crippen LogP contribution in [0.15, 0.2) is 0 Å². The van der Waals surface area contributed by atoms with Gasteiger partial charge < -0.3 is 9.22 Å². The van der Waals surface area contributed by atoms with Gasteiger partial charge in [-0.15, -0.1) is 0 Å². The van der Waals surface area contributed by atoms with Gasteiger partial charge in [0.1, 0.15) is 13.2 Å². The first-order valence-corrected chi connectivity index (χ1v) is 3.24. The van der Waals surface area contributed by atoms with Gasteiger partial charge in [0.15, 0.2) is 0 Å². The van der Waals surface area contributed by atoms with Gasteiger partial charge in [-0.25, -0.2) is 0 Å². The van der Waals surface area contributed by atoms with Crippen LogP contribution in [0.4, 0.5) is 0 Å². The van der Waals surface area contributed by atoms with Crippen molar-refractivity contribution in [2.24, 2.45) is 0 Å². The minimum atomic E-state index is -3.31. The maximum absolute atomic E-state index is 11.0. The maximum atomic E-state index is 11.0. The Morgan fingerprint density at radius 1 is 1.55 bits per heavy atom. The van der Waals surface area contributed by atoms with E-state index in [0.29, 0.717) is 0 Å². The summed E-state index contributed by atoms with van der Waals surface area (Å²) < 4.78 is 68.4. The Hall–Kier alpha value is -0.570. The molecule has 0 heterocycles. The van der Waals surface area contributed by atoms with Crippen molar-refractivity contribution < 1.29 is 26.4 Å². The van der Waals surface area contributed by atoms with Gasteiger partial charge in [0.2, 0.25) is 0 Å². The van der Waals surface area contributed by atoms with E-state index >= 15 is 0 Å². The van der Waals surface area contributed by atoms with Gasteiger partial charge in [0.25, 0.3) is 0 Å². The highest BCUT2D eigenvalue weighted by atomic mass is 16.5. The molecule has 0 saturated carbocycles. The Balaban J connectivity index is 5.52. The molecule has 0 unspecified atom stereocenters. The fraction of sp³-hybridized carbons (Fsp3) is 0.875. The Morgan fingerprint density at radius 3 is 2.64 bits per heavy atom. The lowest BCUT2D eigenvalue weighted by Gasteiger charge is -2.23. The predicted octanol–water partition coefficient (Wildman–Crippen LogP) is 0.646. The number of ether oxygens (including phenoxy) is 1. The number of quaternary nitrogens is 1. The molecule has 0 radical (unpaired) electrons. The van der Waals surface area contributed by atoms with Crippen LogP contribution in [0.25, 0.3) is 0 Å². The number of hydrogen-bond donors (Lipinski definition) is 0. The summed E-state index contributed by atoms with van der Waals surface area (Å²) in [4.78, 5) is 11.0. The quantitative estimate of drug-likeness (QED) is 0.456. The van der Waals surface area contributed by atoms with Crippen LogP contribution < -0.4 is 0 Å². The molecule has 0 aliphatic heterocycles. The Morgan fingerprint density at radius 2 is 2.18 bits per heavy atom. The lowest BCUT2D eigenvalue weighted by molar-refractivity contribution is -0.870. The molecule has 0 aromatic carbocycles. The van der Waals surface area contributed by atoms with Crippen LogP contribution >= 0.6 is 0 Å². The molecule has 3 nitrogen and oxygen atoms in total. The molecular weight excluding hydrogens is 142 g/mol. The monoisotopic (exact) mass is 169 g/mol. The summed E-state index contributed by atoms with van der Waals surface area (Å²) in [5, 5.41) is 0. The van der Waals surface area contributed by atoms with Gasteiger partial charge >= 0.3 is 5.97 Å². The summed E-state index contributed by atoms with van der Waals surface area (Å²) in [6.45, 7) is -9.88. The van der Waals surface area contributed by atoms with Gasteiger partial charge in [0.05, 0.1) is 33.3 Å². The van der Waals surface area contributed by atoms with Gasteiger partial charge in [-0.05, 0) is 0 Å². The molecule has 0 N–H and O–H groups in total. The number of hydrogen-bond acceptors (Lipinski definition) is 2. The van der Waals surface area contributed by atoms with E-state index in [1.807, 2.05) is 0 Å². The molecule has 0 aliphatic carbocycles. The topological polar surface area (TPSA) is 26.3 Å². The van der Waals surface area contributed by atoms with Crippen LogP contribution in [0.1, 0.15) is 25.7 Å². The first kappa shape index (κ1) is 2.73. The highest BCUT2D eigenvalue weighted by molar-refractivity contribution is 5.68. The third kappa shape index (κ3) is 7.33. The van der Waals surface area contributed by atoms with Crippen LogP contribution in [0.2, 0.25) is 0 Å². The Kier molecular flexibility index (Phi) is 1.08. The van der Waals surface area contributed by atoms with E-state index in [1.165, 1.54) is 6.92 Å². The van der Waals surface area contributed by atoms with Gasteiger partial charge in [-0.3, -0.25) is 4.79 Å². The van der Waals surface area contributed by atoms with Gasteiger partial charge in [0, 0.05) is 6.42 Å². The highest BCUT2D eigenvalue weighted by Crippen LogP contribution is 1.91. The zero-order valence-electron chi connectivity index (χ0n) is 15.4. The Labute approximate surface area is 81.2 Å². The molecule has 66 valence electrons. The molecule has 11 heavy (non-hydrogen) atoms. The second kappa shape index (κ2) is 4.34. The molecule has 0 aromatic heterocycles. The van der Waals surface area contributed by atoms with Crippen LogP contribution in [0.5, 0.6) is 0 Å². The van der Waals surface area contributed by atoms with Crippen molar-refractivity contribution in [1.29, 1.82) is 0 Å². The fourth-order valence-corrected chi connectivity index (χ4v) is 0.398. The highest BCUT2D eigenvalue weighted by Gasteiger charge is 2.07. The van der Waals surface area contributed by atoms with Crippen molar-refractivity contribution in [3.63, 3.8) is 0 Å². The van der Waals surface area contributed by atoms with Gasteiger partial charge in [-0.1, -0.05) is 6.92 Å². The van der Waals surface area contributed by atoms with Crippen LogP contribution in [-0.4, -0.2) is 44.5 Å². The normalized spacial score (nSPS) is 26.8. The zero-order chi connectivity index (χ0) is 16.4. The summed E-state index contributed by atoms with van der Waals surface area (Å²) in [5.41, 5.74) is 0. The SMILES string of the molecule is [2H]C([2H])([2H])[N+](CCOC(=O)CC)(C([2H])([2H])[2H])C([2H])([2H])[2H]. The van der Waals surface area contributed by atoms with Crippen molar-refractivity contribution >= 4 is 5.97 Å². The molecule has 0 atom stereocenters. The van der Waals surface area contributed by atoms with Gasteiger partial charge in [-0.2, -0.15) is 0 Å². The summed E-state index contributed by atoms with van der Waals surface area (Å²) >= 11 is 0. The lowest BCUT2D eigenvalue weighted by Crippen LogP contribution is -2.37. The van der Waals surface area contributed by atoms with E-state index in [-0.39, 0.29) is 6.42 Å². The summed E-state index contributed by atoms with van der Waals surface area (Å²) in [5.74, 6) is -0.662. The first-order chi connectivity index (χ1) is 8.70. The number of likely N-dealkylation sites (N-methyl/N-ethyl adjacent to an activating group) is 1. The molecule has 0 rings (SSSR count). The minimum absolute atomic E-state index is 0.0231. The number of nitrogens with zero attached hydrogens (tertiary/aromatic N) is 1. The van der Waals surface area contributed by atoms with E-state index in [4.69, 9.17) is 12.3 Å². The zero-order valence-corrected chi connectivity index (χ0v) is 6.39. The van der Waals surface area contributed by atoms with E-state index in [2.05, 4.69) is 4.74 Å². The predicted molar refractivity (Wildman–Crippen MR) is 44.1 cm³/mol. The molecule has 0 amide bonds. The fourth-order valence-electron chi connectivity index (χ4n) is 0.398. The number of carbonyl (C=O) groups is 1. The standard InChI is InChI=1S/C8H18NO2/c1-5-8(10)11-7-6-9(2,3)4/h5-7H2,1-4H3/q+1/i2D3,3D3,4D3. The number of rotatable bonds is 4. The van der Waals surface area contributed by atoms with E-state index in [0.717, 1.165) is 0 Å². The largest absolute Gasteiger partial charge is 0.460 e. The summed E-state index contributed by atoms with van der Waals surface area (Å²) in [6, 6.07) is 0. The molecule has 0 aromatic rings. The van der Waals surface area contributed by atoms with Crippen molar-refractivity contribution in [3.05, 3.63) is 0 Å². The van der Waals surface area contributed by atoms with Crippen LogP contribution in [-0.2, 0) is 9.53 Å². The van der Waals surface area contributed by atoms with Crippen molar-refractivity contribution in [1.82, 2.24) is 0 Å². The molecule has 0 bridgehead atoms. The Bertz CT molecular complexity index is 307. The average molecular weight is 169 g/mol. The van der Waals surface area contributed by atoms with Crippen LogP contribution in [0.3, 0.4) is 0 Å². The smallest absolute Gasteiger partial charge is 0.305 e. The third-order valence-corrected chi connectivity index (χ3v) is 0.978. The molecule has 3 heteroatoms. The molecule has 0 spiro atoms. The van der Waals surface area contributed by atoms with E-state index in [9.17, 15) is 4.79 Å². The first-order valence-electron chi connectivity index (χ1n) is 7.74. The van der Waals surface area contributed by atoms with Crippen molar-refractivity contribution in [2.45, 2.75) is 13.3 Å². The second-order valence-electron chi connectivity index (χ2n) is 2.11. The number of esters is 1. The van der Waals surface area contributed by atoms with E-state index in [1.54, 1.807) is 0 Å². The molecule has 0 saturated heterocycles. The maximum Gasteiger partial charge on any atom is 0.305 e. The minimum Gasteiger partial charge on any atom is -0.460 e. The second-order valence-corrected chi connectivity index (χ2v) is 2.11. The third-order valence-electron chi connectivity index (χ3n) is 0.978. The number of carbonyl (C=O) groups excluding carboxylic acids is 1. The van der Waals surface area contributed by atoms with Crippen molar-refractivity contribution in [3.8, 4) is 0 Å². The molecule has 0 aliphatic rings. The summed E-state index contributed by atoms with van der Waals surface area (Å²) in [7, 11) is 0. The van der Waals surface area contributed by atoms with Crippen LogP contribution in [0, 0.1) is 0 Å². The summed E-state index contributed by atoms with van der Waals surface area (Å²) in [6.07, 6.45) is 0.0231. The molecular formula is C8H18NO2+. The average Bonchev–Trinajstić information content (AvgIpc) is 2.17.